The van der Waals surface area contributed by atoms with Gasteiger partial charge in [0.15, 0.2) is 0 Å². The Morgan fingerprint density at radius 1 is 1.19 bits per heavy atom. The Morgan fingerprint density at radius 3 is 2.37 bits per heavy atom. The van der Waals surface area contributed by atoms with Gasteiger partial charge in [0.25, 0.3) is 0 Å². The molecular formula is C21H26BrNO3S. The highest BCUT2D eigenvalue weighted by molar-refractivity contribution is 9.10. The van der Waals surface area contributed by atoms with E-state index in [1.54, 1.807) is 7.11 Å². The molecule has 27 heavy (non-hydrogen) atoms. The van der Waals surface area contributed by atoms with E-state index in [9.17, 15) is 4.21 Å². The molecular weight excluding hydrogens is 426 g/mol. The molecule has 2 aromatic rings. The Morgan fingerprint density at radius 2 is 1.81 bits per heavy atom. The number of hydrogen-bond acceptors (Lipinski definition) is 3. The summed E-state index contributed by atoms with van der Waals surface area (Å²) in [6, 6.07) is 11.8. The maximum atomic E-state index is 12.4. The minimum Gasteiger partial charge on any atom is -0.497 e. The molecule has 0 saturated heterocycles. The molecule has 1 atom stereocenters. The van der Waals surface area contributed by atoms with Crippen molar-refractivity contribution in [3.8, 4) is 11.5 Å². The van der Waals surface area contributed by atoms with Gasteiger partial charge in [-0.15, -0.1) is 0 Å². The molecule has 0 aromatic heterocycles. The fraction of sp³-hybridized carbons (Fsp3) is 0.381. The topological polar surface area (TPSA) is 47.9 Å². The van der Waals surface area contributed by atoms with Crippen LogP contribution in [0, 0.1) is 6.92 Å². The number of nitrogens with zero attached hydrogens (tertiary/aromatic N) is 1. The van der Waals surface area contributed by atoms with Crippen LogP contribution in [0.1, 0.15) is 44.4 Å². The molecule has 0 unspecified atom stereocenters. The Bertz CT molecular complexity index is 855. The van der Waals surface area contributed by atoms with E-state index < -0.39 is 15.7 Å². The standard InChI is InChI=1S/C21H26BrNO3S/c1-14-11-18(15(2)23-27(24)21(3,4)5)20(19(22)12-14)26-13-16-7-9-17(25-6)10-8-16/h7-12H,13H2,1-6H3/t27-/m1/s1. The van der Waals surface area contributed by atoms with Gasteiger partial charge < -0.3 is 9.47 Å². The van der Waals surface area contributed by atoms with Crippen LogP contribution in [-0.2, 0) is 17.6 Å². The molecule has 0 fully saturated rings. The zero-order valence-electron chi connectivity index (χ0n) is 16.6. The summed E-state index contributed by atoms with van der Waals surface area (Å²) in [7, 11) is 0.314. The average Bonchev–Trinajstić information content (AvgIpc) is 2.60. The third kappa shape index (κ3) is 5.91. The number of rotatable bonds is 6. The first kappa shape index (κ1) is 21.6. The smallest absolute Gasteiger partial charge is 0.145 e. The normalized spacial score (nSPS) is 13.4. The zero-order valence-corrected chi connectivity index (χ0v) is 19.0. The minimum absolute atomic E-state index is 0.410. The van der Waals surface area contributed by atoms with Gasteiger partial charge in [-0.3, -0.25) is 0 Å². The highest BCUT2D eigenvalue weighted by Crippen LogP contribution is 2.32. The van der Waals surface area contributed by atoms with Crippen LogP contribution in [0.4, 0.5) is 0 Å². The van der Waals surface area contributed by atoms with Crippen molar-refractivity contribution in [3.05, 3.63) is 57.6 Å². The Hall–Kier alpha value is -1.66. The first-order chi connectivity index (χ1) is 12.6. The van der Waals surface area contributed by atoms with Crippen LogP contribution in [-0.4, -0.2) is 21.8 Å². The minimum atomic E-state index is -1.33. The van der Waals surface area contributed by atoms with Crippen molar-refractivity contribution in [1.82, 2.24) is 0 Å². The Balaban J connectivity index is 2.32. The van der Waals surface area contributed by atoms with Crippen molar-refractivity contribution in [2.75, 3.05) is 7.11 Å². The molecule has 0 aliphatic carbocycles. The van der Waals surface area contributed by atoms with Crippen LogP contribution in [0.3, 0.4) is 0 Å². The fourth-order valence-corrected chi connectivity index (χ4v) is 3.64. The number of methoxy groups -OCH3 is 1. The van der Waals surface area contributed by atoms with Gasteiger partial charge in [0.1, 0.15) is 29.1 Å². The van der Waals surface area contributed by atoms with Crippen molar-refractivity contribution in [2.45, 2.75) is 46.0 Å². The number of halogens is 1. The molecule has 6 heteroatoms. The van der Waals surface area contributed by atoms with E-state index in [-0.39, 0.29) is 0 Å². The van der Waals surface area contributed by atoms with Crippen molar-refractivity contribution >= 4 is 32.6 Å². The fourth-order valence-electron chi connectivity index (χ4n) is 2.33. The van der Waals surface area contributed by atoms with Crippen LogP contribution >= 0.6 is 15.9 Å². The molecule has 4 nitrogen and oxygen atoms in total. The lowest BCUT2D eigenvalue weighted by Gasteiger charge is -2.17. The largest absolute Gasteiger partial charge is 0.497 e. The predicted octanol–water partition coefficient (Wildman–Crippen LogP) is 5.62. The van der Waals surface area contributed by atoms with E-state index in [1.165, 1.54) is 0 Å². The molecule has 0 bridgehead atoms. The van der Waals surface area contributed by atoms with Crippen molar-refractivity contribution in [2.24, 2.45) is 4.40 Å². The van der Waals surface area contributed by atoms with E-state index in [0.717, 1.165) is 26.9 Å². The first-order valence-corrected chi connectivity index (χ1v) is 10.6. The van der Waals surface area contributed by atoms with Crippen molar-refractivity contribution in [3.63, 3.8) is 0 Å². The number of aryl methyl sites for hydroxylation is 1. The summed E-state index contributed by atoms with van der Waals surface area (Å²) in [4.78, 5) is 0. The van der Waals surface area contributed by atoms with E-state index >= 15 is 0 Å². The maximum Gasteiger partial charge on any atom is 0.145 e. The third-order valence-electron chi connectivity index (χ3n) is 3.86. The third-order valence-corrected chi connectivity index (χ3v) is 5.94. The number of benzene rings is 2. The average molecular weight is 452 g/mol. The maximum absolute atomic E-state index is 12.4. The summed E-state index contributed by atoms with van der Waals surface area (Å²) in [6.45, 7) is 10.0. The monoisotopic (exact) mass is 451 g/mol. The predicted molar refractivity (Wildman–Crippen MR) is 116 cm³/mol. The van der Waals surface area contributed by atoms with Crippen LogP contribution in [0.15, 0.2) is 45.3 Å². The molecule has 0 aliphatic heterocycles. The molecule has 0 heterocycles. The van der Waals surface area contributed by atoms with Crippen molar-refractivity contribution < 1.29 is 13.7 Å². The molecule has 146 valence electrons. The summed E-state index contributed by atoms with van der Waals surface area (Å²) < 4.78 is 28.6. The van der Waals surface area contributed by atoms with Gasteiger partial charge in [-0.2, -0.15) is 4.40 Å². The zero-order chi connectivity index (χ0) is 20.2. The lowest BCUT2D eigenvalue weighted by molar-refractivity contribution is 0.303. The molecule has 0 radical (unpaired) electrons. The van der Waals surface area contributed by atoms with Crippen molar-refractivity contribution in [1.29, 1.82) is 0 Å². The number of hydrogen-bond donors (Lipinski definition) is 0. The van der Waals surface area contributed by atoms with E-state index in [4.69, 9.17) is 9.47 Å². The molecule has 2 rings (SSSR count). The molecule has 0 saturated carbocycles. The summed E-state index contributed by atoms with van der Waals surface area (Å²) >= 11 is 3.59. The van der Waals surface area contributed by atoms with Crippen LogP contribution in [0.2, 0.25) is 0 Å². The summed E-state index contributed by atoms with van der Waals surface area (Å²) in [6.07, 6.45) is 0. The van der Waals surface area contributed by atoms with Gasteiger partial charge in [-0.1, -0.05) is 12.1 Å². The van der Waals surface area contributed by atoms with Gasteiger partial charge in [0, 0.05) is 5.56 Å². The second kappa shape index (κ2) is 9.02. The summed E-state index contributed by atoms with van der Waals surface area (Å²) in [5.74, 6) is 1.51. The quantitative estimate of drug-likeness (QED) is 0.535. The van der Waals surface area contributed by atoms with Gasteiger partial charge in [0.05, 0.1) is 22.0 Å². The van der Waals surface area contributed by atoms with Gasteiger partial charge in [0.2, 0.25) is 0 Å². The first-order valence-electron chi connectivity index (χ1n) is 8.65. The number of ether oxygens (including phenoxy) is 2. The second-order valence-corrected chi connectivity index (χ2v) is 10.1. The molecule has 0 amide bonds. The second-order valence-electron chi connectivity index (χ2n) is 7.30. The molecule has 0 aliphatic rings. The lowest BCUT2D eigenvalue weighted by Crippen LogP contribution is -2.20. The SMILES string of the molecule is COc1ccc(COc2c(Br)cc(C)cc2C(C)=N[S@](=O)C(C)(C)C)cc1. The van der Waals surface area contributed by atoms with Crippen LogP contribution in [0.5, 0.6) is 11.5 Å². The van der Waals surface area contributed by atoms with Gasteiger partial charge in [-0.25, -0.2) is 4.21 Å². The Labute approximate surface area is 172 Å². The van der Waals surface area contributed by atoms with Gasteiger partial charge in [-0.05, 0) is 85.9 Å². The van der Waals surface area contributed by atoms with E-state index in [2.05, 4.69) is 20.3 Å². The lowest BCUT2D eigenvalue weighted by atomic mass is 10.1. The van der Waals surface area contributed by atoms with E-state index in [0.29, 0.717) is 18.1 Å². The molecule has 0 spiro atoms. The summed E-state index contributed by atoms with van der Waals surface area (Å²) in [5, 5.41) is 0. The molecule has 0 N–H and O–H groups in total. The van der Waals surface area contributed by atoms with Crippen LogP contribution in [0.25, 0.3) is 0 Å². The van der Waals surface area contributed by atoms with Crippen LogP contribution < -0.4 is 9.47 Å². The van der Waals surface area contributed by atoms with Gasteiger partial charge >= 0.3 is 0 Å². The summed E-state index contributed by atoms with van der Waals surface area (Å²) in [5.41, 5.74) is 3.64. The Kier molecular flexibility index (Phi) is 7.23. The highest BCUT2D eigenvalue weighted by Gasteiger charge is 2.21. The van der Waals surface area contributed by atoms with E-state index in [1.807, 2.05) is 71.0 Å². The molecule has 2 aromatic carbocycles. The highest BCUT2D eigenvalue weighted by atomic mass is 79.9.